The van der Waals surface area contributed by atoms with Gasteiger partial charge >= 0.3 is 0 Å². The fourth-order valence-corrected chi connectivity index (χ4v) is 15.6. The molecule has 0 amide bonds. The third-order valence-corrected chi connectivity index (χ3v) is 19.7. The number of imidazole rings is 1. The number of rotatable bonds is 6. The van der Waals surface area contributed by atoms with E-state index in [2.05, 4.69) is 157 Å². The Bertz CT molecular complexity index is 3780. The minimum Gasteiger partial charge on any atom is -0.324 e. The maximum absolute atomic E-state index is 5.37. The number of benzene rings is 5. The van der Waals surface area contributed by atoms with Crippen LogP contribution in [0, 0.1) is 11.5 Å². The molecule has 10 nitrogen and oxygen atoms in total. The summed E-state index contributed by atoms with van der Waals surface area (Å²) in [6.07, 6.45) is 0.947. The number of hydrogen-bond donors (Lipinski definition) is 4. The number of nitrogens with zero attached hydrogens (tertiary/aromatic N) is 6. The number of nitrogens with one attached hydrogen (secondary N) is 4. The van der Waals surface area contributed by atoms with E-state index in [0.29, 0.717) is 61.8 Å². The molecule has 5 aromatic heterocycles. The van der Waals surface area contributed by atoms with Crippen LogP contribution in [0.1, 0.15) is 60.5 Å². The number of H-pyrrole nitrogens is 4. The van der Waals surface area contributed by atoms with E-state index in [1.807, 2.05) is 36.4 Å². The van der Waals surface area contributed by atoms with E-state index in [9.17, 15) is 0 Å². The maximum atomic E-state index is 5.37. The summed E-state index contributed by atoms with van der Waals surface area (Å²) >= 11 is 0. The second-order valence-corrected chi connectivity index (χ2v) is 23.7. The van der Waals surface area contributed by atoms with E-state index < -0.39 is 8.07 Å². The Hall–Kier alpha value is -7.29. The van der Waals surface area contributed by atoms with Crippen LogP contribution in [-0.4, -0.2) is 37.6 Å². The summed E-state index contributed by atoms with van der Waals surface area (Å²) in [7, 11) is -1.86. The van der Waals surface area contributed by atoms with Crippen molar-refractivity contribution in [2.24, 2.45) is 20.0 Å². The molecule has 11 heteroatoms. The molecule has 0 unspecified atom stereocenters. The summed E-state index contributed by atoms with van der Waals surface area (Å²) < 4.78 is 2.34. The molecule has 0 aliphatic carbocycles. The normalized spacial score (nSPS) is 12.9. The van der Waals surface area contributed by atoms with Gasteiger partial charge < -0.3 is 24.5 Å². The minimum atomic E-state index is -1.86. The number of aromatic amines is 4. The van der Waals surface area contributed by atoms with Gasteiger partial charge in [0.05, 0.1) is 11.0 Å². The van der Waals surface area contributed by atoms with Crippen LogP contribution < -0.4 is 22.0 Å². The molecule has 6 heterocycles. The highest BCUT2D eigenvalue weighted by atomic mass is 28.3. The summed E-state index contributed by atoms with van der Waals surface area (Å²) in [6, 6.07) is 37.7. The van der Waals surface area contributed by atoms with Crippen LogP contribution >= 0.6 is 0 Å². The summed E-state index contributed by atoms with van der Waals surface area (Å²) in [4.78, 5) is 40.9. The third-order valence-electron chi connectivity index (χ3n) is 13.4. The number of aromatic nitrogens is 6. The molecule has 64 heavy (non-hydrogen) atoms. The van der Waals surface area contributed by atoms with Crippen molar-refractivity contribution in [2.75, 3.05) is 0 Å². The topological polar surface area (TPSA) is 130 Å². The number of fused-ring (bicyclic) bond motifs is 21. The monoisotopic (exact) mass is 854 g/mol. The van der Waals surface area contributed by atoms with E-state index in [1.165, 1.54) is 0 Å². The average molecular weight is 855 g/mol. The fraction of sp³-hybridized carbons (Fsp3) is 0.226. The first-order valence-electron chi connectivity index (χ1n) is 22.5. The van der Waals surface area contributed by atoms with Crippen LogP contribution in [0.4, 0.5) is 23.3 Å². The van der Waals surface area contributed by atoms with Gasteiger partial charge in [-0.3, -0.25) is 0 Å². The van der Waals surface area contributed by atoms with Crippen molar-refractivity contribution in [1.82, 2.24) is 29.5 Å². The first-order valence-corrected chi connectivity index (χ1v) is 24.7. The van der Waals surface area contributed by atoms with Gasteiger partial charge in [-0.2, -0.15) is 0 Å². The summed E-state index contributed by atoms with van der Waals surface area (Å²) in [5.74, 6) is 7.37. The van der Waals surface area contributed by atoms with Crippen molar-refractivity contribution in [3.63, 3.8) is 0 Å². The second kappa shape index (κ2) is 15.2. The molecule has 0 saturated carbocycles. The summed E-state index contributed by atoms with van der Waals surface area (Å²) in [6.45, 7) is 17.2. The molecule has 316 valence electrons. The van der Waals surface area contributed by atoms with Crippen LogP contribution in [0.5, 0.6) is 0 Å². The van der Waals surface area contributed by atoms with Gasteiger partial charge in [0.2, 0.25) is 0 Å². The first kappa shape index (κ1) is 39.5. The predicted octanol–water partition coefficient (Wildman–Crippen LogP) is 11.7. The number of aryl methyl sites for hydroxylation is 1. The Labute approximate surface area is 371 Å². The lowest BCUT2D eigenvalue weighted by molar-refractivity contribution is 0.704. The standard InChI is InChI=1S/C53H50N10Si/c1-8-26-63-44-29-42-41(28-43(44)54-53(63)34-23-21-33(22-24-34)25-27-64(30(2)3,31(4)5)32(6)7)51-60-49-39-19-13-11-17-37(39)47(58-49)56-45-35-15-9-10-16-36(35)46(55-45)57-48-38-18-12-14-20-40(38)50(59-48)61-52(42)62-51/h9-24,28-32H,8,26H2,1-7H3,(H4,55,56,57,58,59,60,61,62). The molecule has 0 saturated heterocycles. The van der Waals surface area contributed by atoms with Crippen LogP contribution in [0.2, 0.25) is 16.6 Å². The van der Waals surface area contributed by atoms with Gasteiger partial charge in [0.1, 0.15) is 59.1 Å². The predicted molar refractivity (Wildman–Crippen MR) is 263 cm³/mol. The Kier molecular flexibility index (Phi) is 9.40. The summed E-state index contributed by atoms with van der Waals surface area (Å²) in [5, 5.41) is 7.66. The average Bonchev–Trinajstić information content (AvgIpc) is 4.09. The zero-order valence-corrected chi connectivity index (χ0v) is 38.2. The van der Waals surface area contributed by atoms with Gasteiger partial charge in [0, 0.05) is 60.8 Å². The third kappa shape index (κ3) is 6.26. The van der Waals surface area contributed by atoms with Gasteiger partial charge in [-0.25, -0.2) is 25.0 Å². The van der Waals surface area contributed by atoms with Gasteiger partial charge in [-0.1, -0.05) is 139 Å². The Morgan fingerprint density at radius 2 is 0.938 bits per heavy atom. The van der Waals surface area contributed by atoms with E-state index in [4.69, 9.17) is 25.0 Å². The second-order valence-electron chi connectivity index (χ2n) is 18.1. The van der Waals surface area contributed by atoms with Crippen molar-refractivity contribution in [3.8, 4) is 22.9 Å². The zero-order chi connectivity index (χ0) is 43.9. The molecule has 0 spiro atoms. The SMILES string of the molecule is CCCn1c(-c2ccc(C#C[Si](C(C)C)(C(C)C)C(C)C)cc2)nc2cc3c4[nH]c(c3cc21)=Nc1[nH]c(c2ccccc12)N=c1[nH]c(c2ccccc12)=Nc1[nH]c(c2ccccc12)N=4. The van der Waals surface area contributed by atoms with Gasteiger partial charge in [-0.15, -0.1) is 5.54 Å². The van der Waals surface area contributed by atoms with Crippen molar-refractivity contribution in [3.05, 3.63) is 137 Å². The van der Waals surface area contributed by atoms with Crippen molar-refractivity contribution < 1.29 is 0 Å². The Balaban J connectivity index is 1.15. The molecular weight excluding hydrogens is 805 g/mol. The zero-order valence-electron chi connectivity index (χ0n) is 37.2. The minimum absolute atomic E-state index is 0.579. The number of hydrogen-bond acceptors (Lipinski definition) is 5. The molecule has 1 aliphatic rings. The first-order chi connectivity index (χ1) is 31.1. The van der Waals surface area contributed by atoms with Crippen molar-refractivity contribution in [1.29, 1.82) is 0 Å². The van der Waals surface area contributed by atoms with E-state index in [1.54, 1.807) is 0 Å². The van der Waals surface area contributed by atoms with Crippen LogP contribution in [0.25, 0.3) is 65.5 Å². The van der Waals surface area contributed by atoms with E-state index >= 15 is 0 Å². The maximum Gasteiger partial charge on any atom is 0.146 e. The molecule has 11 rings (SSSR count). The van der Waals surface area contributed by atoms with Crippen LogP contribution in [0.15, 0.2) is 129 Å². The summed E-state index contributed by atoms with van der Waals surface area (Å²) in [5.41, 5.74) is 12.5. The largest absolute Gasteiger partial charge is 0.324 e. The van der Waals surface area contributed by atoms with E-state index in [-0.39, 0.29) is 0 Å². The lowest BCUT2D eigenvalue weighted by atomic mass is 10.1. The molecule has 0 atom stereocenters. The van der Waals surface area contributed by atoms with Crippen LogP contribution in [-0.2, 0) is 6.54 Å². The molecule has 0 fully saturated rings. The molecule has 0 radical (unpaired) electrons. The quantitative estimate of drug-likeness (QED) is 0.0963. The Morgan fingerprint density at radius 3 is 1.38 bits per heavy atom. The lowest BCUT2D eigenvalue weighted by Gasteiger charge is -2.38. The van der Waals surface area contributed by atoms with Gasteiger partial charge in [-0.05, 0) is 47.3 Å². The van der Waals surface area contributed by atoms with E-state index in [0.717, 1.165) is 84.0 Å². The highest BCUT2D eigenvalue weighted by molar-refractivity contribution is 6.90. The molecule has 8 bridgehead atoms. The highest BCUT2D eigenvalue weighted by Gasteiger charge is 2.41. The highest BCUT2D eigenvalue weighted by Crippen LogP contribution is 2.41. The lowest BCUT2D eigenvalue weighted by Crippen LogP contribution is -2.43. The smallest absolute Gasteiger partial charge is 0.146 e. The van der Waals surface area contributed by atoms with Gasteiger partial charge in [0.15, 0.2) is 0 Å². The molecular formula is C53H50N10Si. The van der Waals surface area contributed by atoms with Crippen molar-refractivity contribution in [2.45, 2.75) is 78.1 Å². The molecule has 4 N–H and O–H groups in total. The molecule has 10 aromatic rings. The molecule has 5 aromatic carbocycles. The fourth-order valence-electron chi connectivity index (χ4n) is 10.4. The van der Waals surface area contributed by atoms with Crippen molar-refractivity contribution >= 4 is 85.5 Å². The Morgan fingerprint density at radius 1 is 0.516 bits per heavy atom. The molecule has 1 aliphatic heterocycles. The van der Waals surface area contributed by atoms with Gasteiger partial charge in [0.25, 0.3) is 0 Å². The van der Waals surface area contributed by atoms with Crippen LogP contribution in [0.3, 0.4) is 0 Å².